The second-order valence-corrected chi connectivity index (χ2v) is 8.08. The van der Waals surface area contributed by atoms with Crippen LogP contribution in [0.15, 0.2) is 48.7 Å². The molecule has 1 aliphatic rings. The van der Waals surface area contributed by atoms with Crippen molar-refractivity contribution in [3.05, 3.63) is 59.9 Å². The Balaban J connectivity index is 1.72. The SMILES string of the molecule is COCCCN(CC(=O)N(Cc1ccccc1)Cc1cccn1C)C(=O)C1CCC1. The molecule has 0 bridgehead atoms. The highest BCUT2D eigenvalue weighted by atomic mass is 16.5. The molecule has 162 valence electrons. The fourth-order valence-corrected chi connectivity index (χ4v) is 3.74. The van der Waals surface area contributed by atoms with Crippen LogP contribution < -0.4 is 0 Å². The van der Waals surface area contributed by atoms with Gasteiger partial charge in [-0.05, 0) is 37.0 Å². The third-order valence-corrected chi connectivity index (χ3v) is 5.84. The van der Waals surface area contributed by atoms with Crippen LogP contribution in [0.2, 0.25) is 0 Å². The summed E-state index contributed by atoms with van der Waals surface area (Å²) >= 11 is 0. The van der Waals surface area contributed by atoms with E-state index in [1.54, 1.807) is 12.0 Å². The highest BCUT2D eigenvalue weighted by Crippen LogP contribution is 2.28. The molecule has 1 fully saturated rings. The van der Waals surface area contributed by atoms with E-state index in [1.807, 2.05) is 65.2 Å². The topological polar surface area (TPSA) is 54.8 Å². The van der Waals surface area contributed by atoms with Gasteiger partial charge in [-0.15, -0.1) is 0 Å². The Kier molecular flexibility index (Phi) is 8.08. The summed E-state index contributed by atoms with van der Waals surface area (Å²) < 4.78 is 7.18. The maximum atomic E-state index is 13.4. The van der Waals surface area contributed by atoms with Crippen molar-refractivity contribution in [2.24, 2.45) is 13.0 Å². The van der Waals surface area contributed by atoms with Crippen molar-refractivity contribution in [3.63, 3.8) is 0 Å². The fourth-order valence-electron chi connectivity index (χ4n) is 3.74. The van der Waals surface area contributed by atoms with E-state index < -0.39 is 0 Å². The highest BCUT2D eigenvalue weighted by molar-refractivity contribution is 5.86. The van der Waals surface area contributed by atoms with Crippen LogP contribution in [-0.2, 0) is 34.5 Å². The van der Waals surface area contributed by atoms with Crippen molar-refractivity contribution in [2.45, 2.75) is 38.8 Å². The monoisotopic (exact) mass is 411 g/mol. The molecule has 30 heavy (non-hydrogen) atoms. The standard InChI is InChI=1S/C24H33N3O3/c1-25-14-7-13-22(25)18-27(17-20-9-4-3-5-10-20)23(28)19-26(15-8-16-30-2)24(29)21-11-6-12-21/h3-5,7,9-10,13-14,21H,6,8,11-12,15-19H2,1-2H3. The molecule has 6 nitrogen and oxygen atoms in total. The van der Waals surface area contributed by atoms with Crippen LogP contribution >= 0.6 is 0 Å². The van der Waals surface area contributed by atoms with E-state index in [0.29, 0.717) is 26.2 Å². The smallest absolute Gasteiger partial charge is 0.242 e. The number of rotatable bonds is 11. The number of hydrogen-bond acceptors (Lipinski definition) is 3. The number of nitrogens with zero attached hydrogens (tertiary/aromatic N) is 3. The van der Waals surface area contributed by atoms with Crippen LogP contribution in [0, 0.1) is 5.92 Å². The average molecular weight is 412 g/mol. The Morgan fingerprint density at radius 1 is 1.07 bits per heavy atom. The van der Waals surface area contributed by atoms with Crippen LogP contribution in [0.1, 0.15) is 36.9 Å². The van der Waals surface area contributed by atoms with E-state index in [-0.39, 0.29) is 24.3 Å². The lowest BCUT2D eigenvalue weighted by molar-refractivity contribution is -0.145. The van der Waals surface area contributed by atoms with Crippen molar-refractivity contribution in [1.29, 1.82) is 0 Å². The summed E-state index contributed by atoms with van der Waals surface area (Å²) in [5.74, 6) is 0.171. The number of ether oxygens (including phenoxy) is 1. The molecule has 2 amide bonds. The third kappa shape index (κ3) is 5.95. The number of methoxy groups -OCH3 is 1. The van der Waals surface area contributed by atoms with Gasteiger partial charge in [-0.25, -0.2) is 0 Å². The zero-order valence-corrected chi connectivity index (χ0v) is 18.1. The lowest BCUT2D eigenvalue weighted by Crippen LogP contribution is -2.46. The van der Waals surface area contributed by atoms with Crippen LogP contribution in [0.5, 0.6) is 0 Å². The fraction of sp³-hybridized carbons (Fsp3) is 0.500. The number of amides is 2. The van der Waals surface area contributed by atoms with Crippen molar-refractivity contribution in [3.8, 4) is 0 Å². The molecule has 0 saturated heterocycles. The summed E-state index contributed by atoms with van der Waals surface area (Å²) in [5, 5.41) is 0. The van der Waals surface area contributed by atoms with Gasteiger partial charge < -0.3 is 19.1 Å². The van der Waals surface area contributed by atoms with Crippen molar-refractivity contribution in [1.82, 2.24) is 14.4 Å². The largest absolute Gasteiger partial charge is 0.385 e. The maximum Gasteiger partial charge on any atom is 0.242 e. The van der Waals surface area contributed by atoms with Crippen LogP contribution in [0.25, 0.3) is 0 Å². The van der Waals surface area contributed by atoms with Gasteiger partial charge in [0.05, 0.1) is 13.1 Å². The van der Waals surface area contributed by atoms with E-state index in [9.17, 15) is 9.59 Å². The van der Waals surface area contributed by atoms with Gasteiger partial charge in [0.1, 0.15) is 0 Å². The van der Waals surface area contributed by atoms with E-state index >= 15 is 0 Å². The molecule has 0 N–H and O–H groups in total. The first-order valence-corrected chi connectivity index (χ1v) is 10.8. The molecule has 0 aliphatic heterocycles. The van der Waals surface area contributed by atoms with Crippen molar-refractivity contribution < 1.29 is 14.3 Å². The number of aromatic nitrogens is 1. The van der Waals surface area contributed by atoms with Gasteiger partial charge in [-0.2, -0.15) is 0 Å². The maximum absolute atomic E-state index is 13.4. The molecule has 2 aromatic rings. The molecule has 0 atom stereocenters. The van der Waals surface area contributed by atoms with Gasteiger partial charge in [0.2, 0.25) is 11.8 Å². The first-order valence-electron chi connectivity index (χ1n) is 10.8. The van der Waals surface area contributed by atoms with Gasteiger partial charge in [0, 0.05) is 51.7 Å². The predicted molar refractivity (Wildman–Crippen MR) is 117 cm³/mol. The minimum Gasteiger partial charge on any atom is -0.385 e. The highest BCUT2D eigenvalue weighted by Gasteiger charge is 2.31. The molecule has 1 aromatic heterocycles. The van der Waals surface area contributed by atoms with E-state index in [0.717, 1.165) is 36.9 Å². The molecule has 6 heteroatoms. The Morgan fingerprint density at radius 2 is 1.83 bits per heavy atom. The van der Waals surface area contributed by atoms with Crippen LogP contribution in [0.4, 0.5) is 0 Å². The predicted octanol–water partition coefficient (Wildman–Crippen LogP) is 3.22. The molecule has 1 aromatic carbocycles. The number of benzene rings is 1. The molecule has 1 aliphatic carbocycles. The first kappa shape index (κ1) is 22.1. The average Bonchev–Trinajstić information content (AvgIpc) is 3.10. The van der Waals surface area contributed by atoms with Gasteiger partial charge in [-0.3, -0.25) is 9.59 Å². The molecule has 0 spiro atoms. The van der Waals surface area contributed by atoms with Crippen LogP contribution in [0.3, 0.4) is 0 Å². The van der Waals surface area contributed by atoms with Crippen molar-refractivity contribution in [2.75, 3.05) is 26.8 Å². The second-order valence-electron chi connectivity index (χ2n) is 8.08. The summed E-state index contributed by atoms with van der Waals surface area (Å²) in [5.41, 5.74) is 2.15. The second kappa shape index (κ2) is 11.0. The Hall–Kier alpha value is -2.60. The van der Waals surface area contributed by atoms with E-state index in [2.05, 4.69) is 0 Å². The number of hydrogen-bond donors (Lipinski definition) is 0. The molecule has 1 heterocycles. The lowest BCUT2D eigenvalue weighted by Gasteiger charge is -2.33. The number of carbonyl (C=O) groups is 2. The normalized spacial score (nSPS) is 13.7. The first-order chi connectivity index (χ1) is 14.6. The minimum atomic E-state index is -0.0230. The third-order valence-electron chi connectivity index (χ3n) is 5.84. The summed E-state index contributed by atoms with van der Waals surface area (Å²) in [6.07, 6.45) is 5.69. The summed E-state index contributed by atoms with van der Waals surface area (Å²) in [4.78, 5) is 29.9. The molecular formula is C24H33N3O3. The molecular weight excluding hydrogens is 378 g/mol. The molecule has 0 radical (unpaired) electrons. The lowest BCUT2D eigenvalue weighted by atomic mass is 9.84. The number of aryl methyl sites for hydroxylation is 1. The van der Waals surface area contributed by atoms with Gasteiger partial charge in [-0.1, -0.05) is 36.8 Å². The van der Waals surface area contributed by atoms with Gasteiger partial charge in [0.15, 0.2) is 0 Å². The molecule has 3 rings (SSSR count). The zero-order chi connectivity index (χ0) is 21.3. The van der Waals surface area contributed by atoms with Crippen LogP contribution in [-0.4, -0.2) is 53.0 Å². The van der Waals surface area contributed by atoms with Gasteiger partial charge >= 0.3 is 0 Å². The van der Waals surface area contributed by atoms with E-state index in [4.69, 9.17) is 4.74 Å². The zero-order valence-electron chi connectivity index (χ0n) is 18.1. The quantitative estimate of drug-likeness (QED) is 0.534. The summed E-state index contributed by atoms with van der Waals surface area (Å²) in [6.45, 7) is 2.30. The summed E-state index contributed by atoms with van der Waals surface area (Å²) in [6, 6.07) is 14.0. The molecule has 0 unspecified atom stereocenters. The van der Waals surface area contributed by atoms with Gasteiger partial charge in [0.25, 0.3) is 0 Å². The molecule has 1 saturated carbocycles. The van der Waals surface area contributed by atoms with Crippen molar-refractivity contribution >= 4 is 11.8 Å². The number of carbonyl (C=O) groups excluding carboxylic acids is 2. The summed E-state index contributed by atoms with van der Waals surface area (Å²) in [7, 11) is 3.64. The van der Waals surface area contributed by atoms with E-state index in [1.165, 1.54) is 0 Å². The Morgan fingerprint density at radius 3 is 2.43 bits per heavy atom. The Bertz CT molecular complexity index is 814. The Labute approximate surface area is 179 Å². The minimum absolute atomic E-state index is 0.0230.